The fourth-order valence-corrected chi connectivity index (χ4v) is 4.21. The number of nitrogens with one attached hydrogen (secondary N) is 1. The number of ether oxygens (including phenoxy) is 1. The van der Waals surface area contributed by atoms with E-state index in [2.05, 4.69) is 5.32 Å². The minimum absolute atomic E-state index is 0.264. The van der Waals surface area contributed by atoms with Crippen LogP contribution in [-0.2, 0) is 26.0 Å². The Hall–Kier alpha value is -3.07. The Morgan fingerprint density at radius 2 is 1.78 bits per heavy atom. The molecule has 0 aromatic heterocycles. The first kappa shape index (κ1) is 25.2. The molecule has 0 aliphatic heterocycles. The molecule has 1 atom stereocenters. The van der Waals surface area contributed by atoms with Crippen molar-refractivity contribution in [3.05, 3.63) is 59.7 Å². The molecule has 0 bridgehead atoms. The lowest BCUT2D eigenvalue weighted by Crippen LogP contribution is -2.51. The zero-order valence-electron chi connectivity index (χ0n) is 19.2. The largest absolute Gasteiger partial charge is 0.495 e. The molecule has 2 amide bonds. The summed E-state index contributed by atoms with van der Waals surface area (Å²) in [6.07, 6.45) is 1.57. The van der Waals surface area contributed by atoms with E-state index in [-0.39, 0.29) is 18.1 Å². The summed E-state index contributed by atoms with van der Waals surface area (Å²) in [5.41, 5.74) is 2.11. The van der Waals surface area contributed by atoms with Crippen molar-refractivity contribution in [1.82, 2.24) is 10.2 Å². The number of carbonyl (C=O) groups is 2. The molecule has 1 N–H and O–H groups in total. The molecule has 0 radical (unpaired) electrons. The van der Waals surface area contributed by atoms with Crippen molar-refractivity contribution in [1.29, 1.82) is 0 Å². The van der Waals surface area contributed by atoms with E-state index in [0.29, 0.717) is 12.2 Å². The van der Waals surface area contributed by atoms with E-state index in [1.54, 1.807) is 25.1 Å². The van der Waals surface area contributed by atoms with Crippen LogP contribution in [-0.4, -0.2) is 64.7 Å². The van der Waals surface area contributed by atoms with Crippen LogP contribution in [0.1, 0.15) is 18.1 Å². The highest BCUT2D eigenvalue weighted by Gasteiger charge is 2.30. The number of aryl methyl sites for hydroxylation is 1. The summed E-state index contributed by atoms with van der Waals surface area (Å²) in [5.74, 6) is -0.472. The summed E-state index contributed by atoms with van der Waals surface area (Å²) in [6.45, 7) is 3.26. The van der Waals surface area contributed by atoms with E-state index < -0.39 is 28.5 Å². The maximum atomic E-state index is 13.3. The number of likely N-dealkylation sites (N-methyl/N-ethyl adjacent to an activating group) is 1. The summed E-state index contributed by atoms with van der Waals surface area (Å²) in [4.78, 5) is 27.1. The van der Waals surface area contributed by atoms with Gasteiger partial charge in [0.15, 0.2) is 0 Å². The molecule has 0 saturated carbocycles. The van der Waals surface area contributed by atoms with Gasteiger partial charge < -0.3 is 15.0 Å². The lowest BCUT2D eigenvalue weighted by atomic mass is 10.1. The number of hydrogen-bond acceptors (Lipinski definition) is 5. The normalized spacial score (nSPS) is 12.0. The monoisotopic (exact) mass is 461 g/mol. The zero-order chi connectivity index (χ0) is 23.9. The first-order valence-electron chi connectivity index (χ1n) is 10.3. The summed E-state index contributed by atoms with van der Waals surface area (Å²) in [7, 11) is -0.869. The highest BCUT2D eigenvalue weighted by atomic mass is 32.2. The minimum Gasteiger partial charge on any atom is -0.495 e. The van der Waals surface area contributed by atoms with E-state index >= 15 is 0 Å². The van der Waals surface area contributed by atoms with E-state index in [1.165, 1.54) is 19.1 Å². The second kappa shape index (κ2) is 11.0. The SMILES string of the molecule is CNC(=O)[C@@H](C)N(CCc1ccccc1)C(=O)CN(c1cc(C)ccc1OC)S(C)(=O)=O. The molecular formula is C23H31N3O5S. The number of methoxy groups -OCH3 is 1. The highest BCUT2D eigenvalue weighted by molar-refractivity contribution is 7.92. The number of benzene rings is 2. The lowest BCUT2D eigenvalue weighted by molar-refractivity contribution is -0.138. The minimum atomic E-state index is -3.81. The Labute approximate surface area is 190 Å². The van der Waals surface area contributed by atoms with Crippen molar-refractivity contribution in [2.45, 2.75) is 26.3 Å². The van der Waals surface area contributed by atoms with Crippen molar-refractivity contribution in [2.75, 3.05) is 37.8 Å². The maximum Gasteiger partial charge on any atom is 0.244 e. The van der Waals surface area contributed by atoms with Crippen LogP contribution in [0.25, 0.3) is 0 Å². The Morgan fingerprint density at radius 1 is 1.12 bits per heavy atom. The van der Waals surface area contributed by atoms with Gasteiger partial charge in [-0.1, -0.05) is 36.4 Å². The Bertz CT molecular complexity index is 1040. The van der Waals surface area contributed by atoms with Gasteiger partial charge in [0.1, 0.15) is 18.3 Å². The van der Waals surface area contributed by atoms with Crippen LogP contribution in [0.3, 0.4) is 0 Å². The molecule has 2 aromatic rings. The fraction of sp³-hybridized carbons (Fsp3) is 0.391. The summed E-state index contributed by atoms with van der Waals surface area (Å²) >= 11 is 0. The van der Waals surface area contributed by atoms with Crippen molar-refractivity contribution >= 4 is 27.5 Å². The van der Waals surface area contributed by atoms with Gasteiger partial charge in [0.05, 0.1) is 19.1 Å². The van der Waals surface area contributed by atoms with Gasteiger partial charge in [-0.2, -0.15) is 0 Å². The first-order chi connectivity index (χ1) is 15.1. The van der Waals surface area contributed by atoms with Gasteiger partial charge in [0.25, 0.3) is 0 Å². The van der Waals surface area contributed by atoms with Crippen molar-refractivity contribution < 1.29 is 22.7 Å². The van der Waals surface area contributed by atoms with Crippen LogP contribution >= 0.6 is 0 Å². The number of anilines is 1. The van der Waals surface area contributed by atoms with E-state index in [4.69, 9.17) is 4.74 Å². The first-order valence-corrected chi connectivity index (χ1v) is 12.1. The van der Waals surface area contributed by atoms with Crippen LogP contribution in [0, 0.1) is 6.92 Å². The van der Waals surface area contributed by atoms with Crippen LogP contribution in [0.15, 0.2) is 48.5 Å². The smallest absolute Gasteiger partial charge is 0.244 e. The average Bonchev–Trinajstić information content (AvgIpc) is 2.76. The van der Waals surface area contributed by atoms with Gasteiger partial charge in [0.2, 0.25) is 21.8 Å². The van der Waals surface area contributed by atoms with Crippen LogP contribution in [0.5, 0.6) is 5.75 Å². The molecule has 0 saturated heterocycles. The molecule has 0 aliphatic rings. The van der Waals surface area contributed by atoms with Gasteiger partial charge in [-0.3, -0.25) is 13.9 Å². The number of carbonyl (C=O) groups excluding carboxylic acids is 2. The van der Waals surface area contributed by atoms with Crippen molar-refractivity contribution in [3.63, 3.8) is 0 Å². The number of hydrogen-bond donors (Lipinski definition) is 1. The van der Waals surface area contributed by atoms with E-state index in [1.807, 2.05) is 37.3 Å². The lowest BCUT2D eigenvalue weighted by Gasteiger charge is -2.31. The number of amides is 2. The number of nitrogens with zero attached hydrogens (tertiary/aromatic N) is 2. The quantitative estimate of drug-likeness (QED) is 0.584. The molecule has 9 heteroatoms. The molecule has 0 unspecified atom stereocenters. The zero-order valence-corrected chi connectivity index (χ0v) is 20.0. The average molecular weight is 462 g/mol. The predicted octanol–water partition coefficient (Wildman–Crippen LogP) is 1.98. The predicted molar refractivity (Wildman–Crippen MR) is 125 cm³/mol. The number of rotatable bonds is 10. The Morgan fingerprint density at radius 3 is 2.34 bits per heavy atom. The molecule has 2 rings (SSSR count). The standard InChI is InChI=1S/C23H31N3O5S/c1-17-11-12-21(31-4)20(15-17)26(32(5,29)30)16-22(27)25(18(2)23(28)24-3)14-13-19-9-7-6-8-10-19/h6-12,15,18H,13-14,16H2,1-5H3,(H,24,28)/t18-/m1/s1. The second-order valence-corrected chi connectivity index (χ2v) is 9.46. The molecule has 0 fully saturated rings. The van der Waals surface area contributed by atoms with Crippen molar-refractivity contribution in [3.8, 4) is 5.75 Å². The van der Waals surface area contributed by atoms with Crippen LogP contribution in [0.2, 0.25) is 0 Å². The van der Waals surface area contributed by atoms with Gasteiger partial charge in [-0.05, 0) is 43.5 Å². The molecule has 8 nitrogen and oxygen atoms in total. The molecule has 174 valence electrons. The van der Waals surface area contributed by atoms with Gasteiger partial charge >= 0.3 is 0 Å². The van der Waals surface area contributed by atoms with Gasteiger partial charge in [0, 0.05) is 13.6 Å². The van der Waals surface area contributed by atoms with Gasteiger partial charge in [-0.15, -0.1) is 0 Å². The second-order valence-electron chi connectivity index (χ2n) is 7.56. The van der Waals surface area contributed by atoms with Crippen LogP contribution < -0.4 is 14.4 Å². The van der Waals surface area contributed by atoms with E-state index in [0.717, 1.165) is 21.7 Å². The third-order valence-electron chi connectivity index (χ3n) is 5.18. The molecule has 0 heterocycles. The summed E-state index contributed by atoms with van der Waals surface area (Å²) in [6, 6.07) is 13.9. The third kappa shape index (κ3) is 6.46. The van der Waals surface area contributed by atoms with Gasteiger partial charge in [-0.25, -0.2) is 8.42 Å². The molecule has 0 aliphatic carbocycles. The fourth-order valence-electron chi connectivity index (χ4n) is 3.37. The molecule has 0 spiro atoms. The molecular weight excluding hydrogens is 430 g/mol. The van der Waals surface area contributed by atoms with Crippen molar-refractivity contribution in [2.24, 2.45) is 0 Å². The maximum absolute atomic E-state index is 13.3. The third-order valence-corrected chi connectivity index (χ3v) is 6.31. The van der Waals surface area contributed by atoms with E-state index in [9.17, 15) is 18.0 Å². The molecule has 2 aromatic carbocycles. The highest BCUT2D eigenvalue weighted by Crippen LogP contribution is 2.31. The molecule has 32 heavy (non-hydrogen) atoms. The Balaban J connectivity index is 2.37. The topological polar surface area (TPSA) is 96.0 Å². The summed E-state index contributed by atoms with van der Waals surface area (Å²) in [5, 5.41) is 2.55. The number of sulfonamides is 1. The Kier molecular flexibility index (Phi) is 8.65. The summed E-state index contributed by atoms with van der Waals surface area (Å²) < 4.78 is 31.6. The van der Waals surface area contributed by atoms with Crippen LogP contribution in [0.4, 0.5) is 5.69 Å².